The number of hydrogen-bond donors (Lipinski definition) is 0. The van der Waals surface area contributed by atoms with Crippen LogP contribution in [-0.2, 0) is 5.41 Å². The van der Waals surface area contributed by atoms with Crippen molar-refractivity contribution in [1.82, 2.24) is 0 Å². The van der Waals surface area contributed by atoms with Gasteiger partial charge in [0.25, 0.3) is 5.69 Å². The summed E-state index contributed by atoms with van der Waals surface area (Å²) in [6.07, 6.45) is 1.97. The van der Waals surface area contributed by atoms with Gasteiger partial charge in [0.15, 0.2) is 0 Å². The summed E-state index contributed by atoms with van der Waals surface area (Å²) in [5.41, 5.74) is 4.90. The predicted octanol–water partition coefficient (Wildman–Crippen LogP) is 7.81. The Labute approximate surface area is 228 Å². The number of non-ortho nitro benzene ring substituents is 1. The molecule has 2 aliphatic heterocycles. The summed E-state index contributed by atoms with van der Waals surface area (Å²) in [4.78, 5) is 13.2. The van der Waals surface area contributed by atoms with Crippen LogP contribution in [0.15, 0.2) is 130 Å². The van der Waals surface area contributed by atoms with Crippen LogP contribution in [0, 0.1) is 10.1 Å². The minimum atomic E-state index is -2.79. The van der Waals surface area contributed by atoms with Crippen molar-refractivity contribution >= 4 is 41.5 Å². The maximum absolute atomic E-state index is 11.4. The van der Waals surface area contributed by atoms with E-state index in [0.717, 1.165) is 27.7 Å². The van der Waals surface area contributed by atoms with Crippen molar-refractivity contribution in [1.29, 1.82) is 0 Å². The first kappa shape index (κ1) is 24.8. The van der Waals surface area contributed by atoms with Crippen LogP contribution in [-0.4, -0.2) is 18.2 Å². The Kier molecular flexibility index (Phi) is 5.96. The third kappa shape index (κ3) is 3.89. The van der Waals surface area contributed by atoms with E-state index in [-0.39, 0.29) is 16.0 Å². The van der Waals surface area contributed by atoms with E-state index in [4.69, 9.17) is 9.85 Å². The van der Waals surface area contributed by atoms with Gasteiger partial charge >= 0.3 is 0 Å². The normalized spacial score (nSPS) is 21.2. The molecule has 7 nitrogen and oxygen atoms in total. The monoisotopic (exact) mass is 533 g/mol. The van der Waals surface area contributed by atoms with Gasteiger partial charge in [-0.25, -0.2) is 9.52 Å². The number of fused-ring (bicyclic) bond motifs is 1. The Bertz CT molecular complexity index is 1680. The molecule has 4 aromatic rings. The zero-order chi connectivity index (χ0) is 27.2. The lowest BCUT2D eigenvalue weighted by Crippen LogP contribution is -2.27. The van der Waals surface area contributed by atoms with Gasteiger partial charge in [-0.15, -0.1) is 0 Å². The van der Waals surface area contributed by atoms with Gasteiger partial charge in [-0.05, 0) is 35.9 Å². The lowest BCUT2D eigenvalue weighted by atomic mass is 9.84. The van der Waals surface area contributed by atoms with E-state index < -0.39 is 7.21 Å². The molecule has 0 radical (unpaired) electrons. The van der Waals surface area contributed by atoms with E-state index in [1.807, 2.05) is 54.7 Å². The molecule has 4 aromatic carbocycles. The van der Waals surface area contributed by atoms with E-state index in [9.17, 15) is 10.1 Å². The van der Waals surface area contributed by atoms with Gasteiger partial charge in [0.1, 0.15) is 7.21 Å². The number of hydrogen-bond acceptors (Lipinski definition) is 5. The second kappa shape index (κ2) is 9.37. The summed E-state index contributed by atoms with van der Waals surface area (Å²) >= 11 is 0. The smallest absolute Gasteiger partial charge is 0.269 e. The van der Waals surface area contributed by atoms with Crippen molar-refractivity contribution in [3.63, 3.8) is 0 Å². The van der Waals surface area contributed by atoms with Crippen molar-refractivity contribution in [2.24, 2.45) is 9.85 Å². The first-order valence-electron chi connectivity index (χ1n) is 12.7. The molecule has 6 rings (SSSR count). The average molecular weight is 534 g/mol. The van der Waals surface area contributed by atoms with E-state index in [1.165, 1.54) is 17.7 Å². The highest BCUT2D eigenvalue weighted by Crippen LogP contribution is 2.67. The SMILES string of the molecule is CN1C(=C2C=NN(c3ccccc3)P2(=Nc2ccc([N+](=O)[O-])cc2)c2ccccc2)C(C)(C)c2ccccc21. The molecular formula is C31H28N5O2P. The van der Waals surface area contributed by atoms with Crippen molar-refractivity contribution in [2.45, 2.75) is 19.3 Å². The molecule has 39 heavy (non-hydrogen) atoms. The third-order valence-electron chi connectivity index (χ3n) is 7.43. The van der Waals surface area contributed by atoms with Crippen LogP contribution in [0.1, 0.15) is 19.4 Å². The fourth-order valence-corrected chi connectivity index (χ4v) is 9.34. The average Bonchev–Trinajstić information content (AvgIpc) is 3.42. The molecule has 0 amide bonds. The zero-order valence-corrected chi connectivity index (χ0v) is 22.9. The number of para-hydroxylation sites is 2. The second-order valence-electron chi connectivity index (χ2n) is 10.1. The van der Waals surface area contributed by atoms with Gasteiger partial charge in [0.05, 0.1) is 27.8 Å². The number of nitrogens with zero attached hydrogens (tertiary/aromatic N) is 5. The molecule has 0 spiro atoms. The van der Waals surface area contributed by atoms with Crippen molar-refractivity contribution in [3.05, 3.63) is 136 Å². The van der Waals surface area contributed by atoms with Crippen LogP contribution < -0.4 is 15.0 Å². The first-order valence-corrected chi connectivity index (χ1v) is 14.4. The summed E-state index contributed by atoms with van der Waals surface area (Å²) in [6, 6.07) is 35.4. The fourth-order valence-electron chi connectivity index (χ4n) is 5.67. The van der Waals surface area contributed by atoms with E-state index in [1.54, 1.807) is 12.1 Å². The van der Waals surface area contributed by atoms with Gasteiger partial charge < -0.3 is 4.90 Å². The number of rotatable bonds is 4. The Hall–Kier alpha value is -4.48. The number of benzene rings is 4. The van der Waals surface area contributed by atoms with Crippen LogP contribution in [0.25, 0.3) is 0 Å². The lowest BCUT2D eigenvalue weighted by molar-refractivity contribution is -0.384. The van der Waals surface area contributed by atoms with Gasteiger partial charge in [-0.3, -0.25) is 10.1 Å². The number of nitro groups is 1. The van der Waals surface area contributed by atoms with Gasteiger partial charge in [0, 0.05) is 41.3 Å². The lowest BCUT2D eigenvalue weighted by Gasteiger charge is -2.35. The number of anilines is 2. The van der Waals surface area contributed by atoms with E-state index in [2.05, 4.69) is 67.0 Å². The summed E-state index contributed by atoms with van der Waals surface area (Å²) < 4.78 is 7.58. The van der Waals surface area contributed by atoms with E-state index in [0.29, 0.717) is 5.69 Å². The summed E-state index contributed by atoms with van der Waals surface area (Å²) in [5.74, 6) is 0. The minimum absolute atomic E-state index is 0.0364. The molecule has 2 heterocycles. The largest absolute Gasteiger partial charge is 0.346 e. The molecule has 0 N–H and O–H groups in total. The van der Waals surface area contributed by atoms with Crippen LogP contribution in [0.3, 0.4) is 0 Å². The van der Waals surface area contributed by atoms with Crippen molar-refractivity contribution < 1.29 is 4.92 Å². The maximum atomic E-state index is 11.4. The molecular weight excluding hydrogens is 505 g/mol. The third-order valence-corrected chi connectivity index (χ3v) is 10.9. The number of likely N-dealkylation sites (N-methyl/N-ethyl adjacent to an activating group) is 1. The van der Waals surface area contributed by atoms with Crippen LogP contribution in [0.5, 0.6) is 0 Å². The number of nitro benzene ring substituents is 1. The molecule has 8 heteroatoms. The molecule has 2 aliphatic rings. The topological polar surface area (TPSA) is 74.3 Å². The Morgan fingerprint density at radius 2 is 1.46 bits per heavy atom. The molecule has 0 fully saturated rings. The minimum Gasteiger partial charge on any atom is -0.346 e. The van der Waals surface area contributed by atoms with Crippen molar-refractivity contribution in [2.75, 3.05) is 16.7 Å². The molecule has 194 valence electrons. The fraction of sp³-hybridized carbons (Fsp3) is 0.129. The molecule has 1 unspecified atom stereocenters. The standard InChI is InChI=1S/C31H28N5O2P/c1-31(2)27-16-10-11-17-28(27)34(3)30(31)29-22-32-35(24-12-6-4-7-13-24)39(29,26-14-8-5-9-15-26)33-23-18-20-25(21-19-23)36(37)38/h4-22H,1-3H3. The van der Waals surface area contributed by atoms with Gasteiger partial charge in [-0.2, -0.15) is 5.10 Å². The molecule has 0 aromatic heterocycles. The zero-order valence-electron chi connectivity index (χ0n) is 22.0. The van der Waals surface area contributed by atoms with Crippen LogP contribution in [0.4, 0.5) is 22.7 Å². The van der Waals surface area contributed by atoms with Crippen LogP contribution >= 0.6 is 7.21 Å². The summed E-state index contributed by atoms with van der Waals surface area (Å²) in [6.45, 7) is 4.50. The summed E-state index contributed by atoms with van der Waals surface area (Å²) in [7, 11) is -0.681. The Morgan fingerprint density at radius 3 is 2.10 bits per heavy atom. The maximum Gasteiger partial charge on any atom is 0.269 e. The first-order chi connectivity index (χ1) is 18.8. The second-order valence-corrected chi connectivity index (χ2v) is 12.9. The highest BCUT2D eigenvalue weighted by Gasteiger charge is 2.47. The molecule has 0 saturated heterocycles. The quantitative estimate of drug-likeness (QED) is 0.152. The number of hydrazone groups is 1. The predicted molar refractivity (Wildman–Crippen MR) is 160 cm³/mol. The van der Waals surface area contributed by atoms with Crippen LogP contribution in [0.2, 0.25) is 0 Å². The summed E-state index contributed by atoms with van der Waals surface area (Å²) in [5, 5.41) is 18.5. The Balaban J connectivity index is 1.72. The highest BCUT2D eigenvalue weighted by atomic mass is 31.2. The molecule has 0 bridgehead atoms. The van der Waals surface area contributed by atoms with E-state index >= 15 is 0 Å². The molecule has 1 atom stereocenters. The highest BCUT2D eigenvalue weighted by molar-refractivity contribution is 7.80. The Morgan fingerprint density at radius 1 is 0.846 bits per heavy atom. The van der Waals surface area contributed by atoms with Crippen molar-refractivity contribution in [3.8, 4) is 0 Å². The van der Waals surface area contributed by atoms with Gasteiger partial charge in [0.2, 0.25) is 0 Å². The number of allylic oxidation sites excluding steroid dienone is 2. The van der Waals surface area contributed by atoms with Gasteiger partial charge in [-0.1, -0.05) is 80.6 Å². The molecule has 0 aliphatic carbocycles. The molecule has 0 saturated carbocycles.